The summed E-state index contributed by atoms with van der Waals surface area (Å²) in [6, 6.07) is 7.60. The minimum Gasteiger partial charge on any atom is -0.491 e. The maximum Gasteiger partial charge on any atom is 0.137 e. The van der Waals surface area contributed by atoms with Crippen LogP contribution >= 0.6 is 22.9 Å². The van der Waals surface area contributed by atoms with E-state index in [-0.39, 0.29) is 5.92 Å². The lowest BCUT2D eigenvalue weighted by molar-refractivity contribution is 0.291. The molecule has 0 aliphatic carbocycles. The van der Waals surface area contributed by atoms with Crippen LogP contribution in [0.2, 0.25) is 4.34 Å². The third kappa shape index (κ3) is 3.43. The lowest BCUT2D eigenvalue weighted by Gasteiger charge is -2.13. The van der Waals surface area contributed by atoms with Crippen LogP contribution in [0.4, 0.5) is 0 Å². The van der Waals surface area contributed by atoms with Gasteiger partial charge >= 0.3 is 0 Å². The Morgan fingerprint density at radius 2 is 2.29 bits per heavy atom. The van der Waals surface area contributed by atoms with Crippen LogP contribution in [0.3, 0.4) is 0 Å². The van der Waals surface area contributed by atoms with Crippen LogP contribution in [0.1, 0.15) is 10.8 Å². The van der Waals surface area contributed by atoms with Crippen molar-refractivity contribution in [3.63, 3.8) is 0 Å². The van der Waals surface area contributed by atoms with Gasteiger partial charge in [-0.1, -0.05) is 11.6 Å². The minimum absolute atomic E-state index is 0.174. The minimum atomic E-state index is 0.174. The Labute approximate surface area is 109 Å². The fourth-order valence-corrected chi connectivity index (χ4v) is 2.60. The van der Waals surface area contributed by atoms with Crippen molar-refractivity contribution in [3.8, 4) is 5.75 Å². The van der Waals surface area contributed by atoms with E-state index in [0.717, 1.165) is 15.0 Å². The smallest absolute Gasteiger partial charge is 0.137 e. The Kier molecular flexibility index (Phi) is 4.36. The molecule has 17 heavy (non-hydrogen) atoms. The molecule has 2 rings (SSSR count). The summed E-state index contributed by atoms with van der Waals surface area (Å²) in [4.78, 5) is 5.14. The largest absolute Gasteiger partial charge is 0.491 e. The molecule has 0 aliphatic heterocycles. The van der Waals surface area contributed by atoms with E-state index in [1.54, 1.807) is 23.7 Å². The highest BCUT2D eigenvalue weighted by molar-refractivity contribution is 7.16. The van der Waals surface area contributed by atoms with E-state index in [2.05, 4.69) is 4.98 Å². The number of rotatable bonds is 5. The maximum atomic E-state index is 5.91. The van der Waals surface area contributed by atoms with Crippen LogP contribution in [0, 0.1) is 0 Å². The van der Waals surface area contributed by atoms with Crippen LogP contribution in [-0.2, 0) is 0 Å². The van der Waals surface area contributed by atoms with Gasteiger partial charge < -0.3 is 10.5 Å². The van der Waals surface area contributed by atoms with Gasteiger partial charge in [-0.15, -0.1) is 11.3 Å². The van der Waals surface area contributed by atoms with Crippen LogP contribution in [-0.4, -0.2) is 18.1 Å². The Morgan fingerprint density at radius 1 is 1.41 bits per heavy atom. The number of thiophene rings is 1. The molecule has 0 radical (unpaired) electrons. The number of nitrogens with two attached hydrogens (primary N) is 1. The molecule has 1 unspecified atom stereocenters. The van der Waals surface area contributed by atoms with Gasteiger partial charge in [0.2, 0.25) is 0 Å². The zero-order valence-electron chi connectivity index (χ0n) is 9.17. The normalized spacial score (nSPS) is 12.4. The van der Waals surface area contributed by atoms with Crippen molar-refractivity contribution in [3.05, 3.63) is 45.9 Å². The fraction of sp³-hybridized carbons (Fsp3) is 0.250. The molecular formula is C12H13ClN2OS. The Bertz CT molecular complexity index is 461. The molecule has 2 aromatic heterocycles. The van der Waals surface area contributed by atoms with Gasteiger partial charge in [0.05, 0.1) is 17.1 Å². The molecule has 5 heteroatoms. The van der Waals surface area contributed by atoms with Crippen molar-refractivity contribution in [2.24, 2.45) is 5.73 Å². The van der Waals surface area contributed by atoms with E-state index in [9.17, 15) is 0 Å². The Morgan fingerprint density at radius 3 is 2.88 bits per heavy atom. The van der Waals surface area contributed by atoms with Gasteiger partial charge in [0.15, 0.2) is 0 Å². The molecule has 0 fully saturated rings. The quantitative estimate of drug-likeness (QED) is 0.907. The molecule has 0 aliphatic rings. The first-order valence-corrected chi connectivity index (χ1v) is 6.47. The second-order valence-electron chi connectivity index (χ2n) is 3.57. The summed E-state index contributed by atoms with van der Waals surface area (Å²) in [6.07, 6.45) is 3.40. The molecule has 90 valence electrons. The molecule has 3 nitrogen and oxygen atoms in total. The number of halogens is 1. The van der Waals surface area contributed by atoms with Crippen molar-refractivity contribution < 1.29 is 4.74 Å². The first-order chi connectivity index (χ1) is 8.29. The first kappa shape index (κ1) is 12.4. The summed E-state index contributed by atoms with van der Waals surface area (Å²) in [5, 5.41) is 0. The number of ether oxygens (including phenoxy) is 1. The number of nitrogens with zero attached hydrogens (tertiary/aromatic N) is 1. The summed E-state index contributed by atoms with van der Waals surface area (Å²) in [5.74, 6) is 0.932. The number of hydrogen-bond donors (Lipinski definition) is 1. The van der Waals surface area contributed by atoms with Crippen molar-refractivity contribution in [2.45, 2.75) is 5.92 Å². The van der Waals surface area contributed by atoms with E-state index in [0.29, 0.717) is 13.2 Å². The average Bonchev–Trinajstić information content (AvgIpc) is 2.78. The molecule has 0 spiro atoms. The average molecular weight is 269 g/mol. The van der Waals surface area contributed by atoms with E-state index < -0.39 is 0 Å². The van der Waals surface area contributed by atoms with Gasteiger partial charge in [-0.2, -0.15) is 0 Å². The Balaban J connectivity index is 1.97. The van der Waals surface area contributed by atoms with Crippen LogP contribution in [0.5, 0.6) is 5.75 Å². The lowest BCUT2D eigenvalue weighted by Crippen LogP contribution is -2.18. The summed E-state index contributed by atoms with van der Waals surface area (Å²) in [5.41, 5.74) is 5.75. The lowest BCUT2D eigenvalue weighted by atomic mass is 10.1. The van der Waals surface area contributed by atoms with E-state index >= 15 is 0 Å². The van der Waals surface area contributed by atoms with Crippen LogP contribution in [0.15, 0.2) is 36.7 Å². The summed E-state index contributed by atoms with van der Waals surface area (Å²) in [6.45, 7) is 1.08. The number of pyridine rings is 1. The molecule has 0 bridgehead atoms. The predicted molar refractivity (Wildman–Crippen MR) is 70.9 cm³/mol. The topological polar surface area (TPSA) is 48.1 Å². The van der Waals surface area contributed by atoms with Gasteiger partial charge in [-0.25, -0.2) is 0 Å². The van der Waals surface area contributed by atoms with Crippen molar-refractivity contribution in [1.29, 1.82) is 0 Å². The number of hydrogen-bond acceptors (Lipinski definition) is 4. The summed E-state index contributed by atoms with van der Waals surface area (Å²) >= 11 is 7.45. The van der Waals surface area contributed by atoms with Crippen molar-refractivity contribution in [2.75, 3.05) is 13.2 Å². The van der Waals surface area contributed by atoms with Gasteiger partial charge in [-0.3, -0.25) is 4.98 Å². The molecule has 1 atom stereocenters. The molecule has 0 amide bonds. The van der Waals surface area contributed by atoms with Crippen LogP contribution < -0.4 is 10.5 Å². The number of aromatic nitrogens is 1. The molecule has 2 heterocycles. The molecule has 0 saturated carbocycles. The van der Waals surface area contributed by atoms with Crippen molar-refractivity contribution >= 4 is 22.9 Å². The fourth-order valence-electron chi connectivity index (χ4n) is 1.44. The zero-order chi connectivity index (χ0) is 12.1. The molecule has 0 saturated heterocycles. The second-order valence-corrected chi connectivity index (χ2v) is 5.32. The highest BCUT2D eigenvalue weighted by Crippen LogP contribution is 2.28. The summed E-state index contributed by atoms with van der Waals surface area (Å²) in [7, 11) is 0. The van der Waals surface area contributed by atoms with E-state index in [4.69, 9.17) is 22.1 Å². The molecule has 2 N–H and O–H groups in total. The standard InChI is InChI=1S/C12H13ClN2OS/c13-12-4-3-11(17-12)9(6-14)8-16-10-2-1-5-15-7-10/h1-5,7,9H,6,8,14H2. The van der Waals surface area contributed by atoms with E-state index in [1.807, 2.05) is 24.3 Å². The highest BCUT2D eigenvalue weighted by Gasteiger charge is 2.13. The summed E-state index contributed by atoms with van der Waals surface area (Å²) < 4.78 is 6.42. The third-order valence-corrected chi connectivity index (χ3v) is 3.76. The van der Waals surface area contributed by atoms with Gasteiger partial charge in [0.25, 0.3) is 0 Å². The Hall–Kier alpha value is -1.10. The molecular weight excluding hydrogens is 256 g/mol. The highest BCUT2D eigenvalue weighted by atomic mass is 35.5. The van der Waals surface area contributed by atoms with E-state index in [1.165, 1.54) is 0 Å². The zero-order valence-corrected chi connectivity index (χ0v) is 10.7. The molecule has 0 aromatic carbocycles. The van der Waals surface area contributed by atoms with Gasteiger partial charge in [0, 0.05) is 23.5 Å². The predicted octanol–water partition coefficient (Wildman–Crippen LogP) is 2.92. The first-order valence-electron chi connectivity index (χ1n) is 5.27. The maximum absolute atomic E-state index is 5.91. The molecule has 2 aromatic rings. The van der Waals surface area contributed by atoms with Crippen LogP contribution in [0.25, 0.3) is 0 Å². The SMILES string of the molecule is NCC(COc1cccnc1)c1ccc(Cl)s1. The monoisotopic (exact) mass is 268 g/mol. The van der Waals surface area contributed by atoms with Gasteiger partial charge in [-0.05, 0) is 24.3 Å². The van der Waals surface area contributed by atoms with Gasteiger partial charge in [0.1, 0.15) is 5.75 Å². The van der Waals surface area contributed by atoms with Crippen molar-refractivity contribution in [1.82, 2.24) is 4.98 Å². The second kappa shape index (κ2) is 6.00. The third-order valence-electron chi connectivity index (χ3n) is 2.37.